The summed E-state index contributed by atoms with van der Waals surface area (Å²) in [4.78, 5) is 1.01. The molecule has 112 valence electrons. The van der Waals surface area contributed by atoms with Crippen LogP contribution in [0, 0.1) is 5.41 Å². The van der Waals surface area contributed by atoms with Gasteiger partial charge in [-0.05, 0) is 49.8 Å². The average Bonchev–Trinajstić information content (AvgIpc) is 3.04. The lowest BCUT2D eigenvalue weighted by Gasteiger charge is -2.25. The van der Waals surface area contributed by atoms with E-state index in [2.05, 4.69) is 12.2 Å². The Morgan fingerprint density at radius 1 is 1.30 bits per heavy atom. The fraction of sp³-hybridized carbons (Fsp3) is 0.571. The standard InChI is InChI=1S/C14H20ClNO2S2/c15-20(17,18)13-7-6-12(19-13)5-1-2-8-14(11-16)9-3-4-10-14/h1-2,6-7H,3-5,8-11,16H2/b2-1+. The molecule has 2 N–H and O–H groups in total. The minimum Gasteiger partial charge on any atom is -0.330 e. The second-order valence-electron chi connectivity index (χ2n) is 5.45. The zero-order valence-electron chi connectivity index (χ0n) is 11.3. The summed E-state index contributed by atoms with van der Waals surface area (Å²) in [6.07, 6.45) is 11.1. The summed E-state index contributed by atoms with van der Waals surface area (Å²) in [5.74, 6) is 0. The summed E-state index contributed by atoms with van der Waals surface area (Å²) in [5.41, 5.74) is 6.20. The van der Waals surface area contributed by atoms with Gasteiger partial charge in [-0.15, -0.1) is 11.3 Å². The molecule has 1 aliphatic carbocycles. The van der Waals surface area contributed by atoms with Crippen LogP contribution in [0.5, 0.6) is 0 Å². The first-order valence-corrected chi connectivity index (χ1v) is 9.96. The van der Waals surface area contributed by atoms with Crippen molar-refractivity contribution in [2.45, 2.75) is 42.7 Å². The molecule has 0 aromatic carbocycles. The molecule has 3 nitrogen and oxygen atoms in total. The van der Waals surface area contributed by atoms with Crippen molar-refractivity contribution < 1.29 is 8.42 Å². The fourth-order valence-corrected chi connectivity index (χ4v) is 4.85. The van der Waals surface area contributed by atoms with Crippen molar-refractivity contribution in [3.8, 4) is 0 Å². The van der Waals surface area contributed by atoms with Crippen LogP contribution in [0.3, 0.4) is 0 Å². The SMILES string of the molecule is NCC1(C/C=C/Cc2ccc(S(=O)(=O)Cl)s2)CCCC1. The normalized spacial score (nSPS) is 18.9. The van der Waals surface area contributed by atoms with Crippen molar-refractivity contribution in [1.29, 1.82) is 0 Å². The molecular formula is C14H20ClNO2S2. The Morgan fingerprint density at radius 3 is 2.55 bits per heavy atom. The summed E-state index contributed by atoms with van der Waals surface area (Å²) in [7, 11) is 1.72. The number of thiophene rings is 1. The zero-order chi connectivity index (χ0) is 14.6. The molecule has 1 aromatic rings. The van der Waals surface area contributed by atoms with E-state index in [4.69, 9.17) is 16.4 Å². The highest BCUT2D eigenvalue weighted by Crippen LogP contribution is 2.40. The largest absolute Gasteiger partial charge is 0.330 e. The quantitative estimate of drug-likeness (QED) is 0.638. The smallest absolute Gasteiger partial charge is 0.270 e. The Kier molecular flexibility index (Phi) is 5.29. The lowest BCUT2D eigenvalue weighted by atomic mass is 9.83. The lowest BCUT2D eigenvalue weighted by molar-refractivity contribution is 0.313. The number of hydrogen-bond donors (Lipinski definition) is 1. The van der Waals surface area contributed by atoms with E-state index >= 15 is 0 Å². The van der Waals surface area contributed by atoms with E-state index in [9.17, 15) is 8.42 Å². The predicted molar refractivity (Wildman–Crippen MR) is 84.8 cm³/mol. The van der Waals surface area contributed by atoms with Crippen LogP contribution in [0.4, 0.5) is 0 Å². The average molecular weight is 334 g/mol. The van der Waals surface area contributed by atoms with Gasteiger partial charge >= 0.3 is 0 Å². The number of rotatable bonds is 6. The minimum absolute atomic E-state index is 0.219. The predicted octanol–water partition coefficient (Wildman–Crippen LogP) is 3.68. The van der Waals surface area contributed by atoms with Crippen molar-refractivity contribution in [3.63, 3.8) is 0 Å². The fourth-order valence-electron chi connectivity index (χ4n) is 2.75. The summed E-state index contributed by atoms with van der Waals surface area (Å²) in [6, 6.07) is 3.38. The lowest BCUT2D eigenvalue weighted by Crippen LogP contribution is -2.26. The Balaban J connectivity index is 1.89. The maximum Gasteiger partial charge on any atom is 0.270 e. The topological polar surface area (TPSA) is 60.2 Å². The van der Waals surface area contributed by atoms with Gasteiger partial charge in [0.05, 0.1) is 0 Å². The van der Waals surface area contributed by atoms with Crippen molar-refractivity contribution in [2.24, 2.45) is 11.1 Å². The van der Waals surface area contributed by atoms with E-state index < -0.39 is 9.05 Å². The molecule has 0 radical (unpaired) electrons. The highest BCUT2D eigenvalue weighted by atomic mass is 35.7. The van der Waals surface area contributed by atoms with Gasteiger partial charge in [0, 0.05) is 15.6 Å². The third-order valence-electron chi connectivity index (χ3n) is 4.01. The van der Waals surface area contributed by atoms with Gasteiger partial charge in [0.15, 0.2) is 0 Å². The molecule has 0 atom stereocenters. The second kappa shape index (κ2) is 6.60. The van der Waals surface area contributed by atoms with Crippen LogP contribution in [0.2, 0.25) is 0 Å². The number of nitrogens with two attached hydrogens (primary N) is 1. The molecule has 6 heteroatoms. The molecule has 2 rings (SSSR count). The molecule has 1 fully saturated rings. The van der Waals surface area contributed by atoms with Crippen molar-refractivity contribution in [3.05, 3.63) is 29.2 Å². The van der Waals surface area contributed by atoms with E-state index in [1.807, 2.05) is 6.07 Å². The van der Waals surface area contributed by atoms with Gasteiger partial charge in [-0.25, -0.2) is 8.42 Å². The van der Waals surface area contributed by atoms with Gasteiger partial charge in [-0.2, -0.15) is 0 Å². The van der Waals surface area contributed by atoms with Crippen LogP contribution < -0.4 is 5.73 Å². The molecule has 20 heavy (non-hydrogen) atoms. The third kappa shape index (κ3) is 4.07. The third-order valence-corrected chi connectivity index (χ3v) is 7.21. The van der Waals surface area contributed by atoms with Gasteiger partial charge < -0.3 is 5.73 Å². The molecule has 0 saturated heterocycles. The van der Waals surface area contributed by atoms with Gasteiger partial charge in [-0.3, -0.25) is 0 Å². The molecule has 1 saturated carbocycles. The first kappa shape index (κ1) is 16.0. The Labute approximate surface area is 129 Å². The van der Waals surface area contributed by atoms with E-state index in [1.165, 1.54) is 37.0 Å². The number of hydrogen-bond acceptors (Lipinski definition) is 4. The van der Waals surface area contributed by atoms with Crippen molar-refractivity contribution in [1.82, 2.24) is 0 Å². The molecule has 1 aliphatic rings. The Bertz CT molecular complexity index is 572. The highest BCUT2D eigenvalue weighted by Gasteiger charge is 2.30. The van der Waals surface area contributed by atoms with Crippen LogP contribution in [0.1, 0.15) is 37.0 Å². The zero-order valence-corrected chi connectivity index (χ0v) is 13.7. The van der Waals surface area contributed by atoms with Crippen LogP contribution in [-0.4, -0.2) is 15.0 Å². The molecule has 1 aromatic heterocycles. The monoisotopic (exact) mass is 333 g/mol. The van der Waals surface area contributed by atoms with Gasteiger partial charge in [0.2, 0.25) is 0 Å². The first-order chi connectivity index (χ1) is 9.45. The molecular weight excluding hydrogens is 314 g/mol. The van der Waals surface area contributed by atoms with Gasteiger partial charge in [0.25, 0.3) is 9.05 Å². The Morgan fingerprint density at radius 2 is 2.00 bits per heavy atom. The van der Waals surface area contributed by atoms with E-state index in [1.54, 1.807) is 6.07 Å². The van der Waals surface area contributed by atoms with Crippen molar-refractivity contribution >= 4 is 31.1 Å². The maximum absolute atomic E-state index is 11.2. The minimum atomic E-state index is -3.59. The van der Waals surface area contributed by atoms with Crippen LogP contribution >= 0.6 is 22.0 Å². The van der Waals surface area contributed by atoms with E-state index in [0.717, 1.165) is 24.3 Å². The number of allylic oxidation sites excluding steroid dienone is 2. The molecule has 0 spiro atoms. The second-order valence-corrected chi connectivity index (χ2v) is 9.41. The first-order valence-electron chi connectivity index (χ1n) is 6.84. The summed E-state index contributed by atoms with van der Waals surface area (Å²) >= 11 is 1.23. The summed E-state index contributed by atoms with van der Waals surface area (Å²) in [5, 5.41) is 0. The molecule has 1 heterocycles. The molecule has 0 aliphatic heterocycles. The molecule has 0 bridgehead atoms. The summed E-state index contributed by atoms with van der Waals surface area (Å²) < 4.78 is 22.6. The highest BCUT2D eigenvalue weighted by molar-refractivity contribution is 8.15. The van der Waals surface area contributed by atoms with Gasteiger partial charge in [0.1, 0.15) is 4.21 Å². The molecule has 0 unspecified atom stereocenters. The maximum atomic E-state index is 11.2. The Hall–Kier alpha value is -0.360. The van der Waals surface area contributed by atoms with Gasteiger partial charge in [-0.1, -0.05) is 25.0 Å². The van der Waals surface area contributed by atoms with Crippen LogP contribution in [-0.2, 0) is 15.5 Å². The van der Waals surface area contributed by atoms with E-state index in [-0.39, 0.29) is 4.21 Å². The molecule has 0 amide bonds. The van der Waals surface area contributed by atoms with E-state index in [0.29, 0.717) is 5.41 Å². The number of halogens is 1. The van der Waals surface area contributed by atoms with Crippen LogP contribution in [0.15, 0.2) is 28.5 Å². The van der Waals surface area contributed by atoms with Crippen molar-refractivity contribution in [2.75, 3.05) is 6.54 Å². The summed E-state index contributed by atoms with van der Waals surface area (Å²) in [6.45, 7) is 0.755. The van der Waals surface area contributed by atoms with Crippen LogP contribution in [0.25, 0.3) is 0 Å².